The monoisotopic (exact) mass is 352 g/mol. The number of nitrogens with one attached hydrogen (secondary N) is 2. The van der Waals surface area contributed by atoms with Crippen molar-refractivity contribution < 1.29 is 18.4 Å². The average molecular weight is 352 g/mol. The van der Waals surface area contributed by atoms with Crippen LogP contribution < -0.4 is 10.9 Å². The Labute approximate surface area is 149 Å². The van der Waals surface area contributed by atoms with Gasteiger partial charge in [-0.3, -0.25) is 20.4 Å². The lowest BCUT2D eigenvalue weighted by Gasteiger charge is -2.06. The highest BCUT2D eigenvalue weighted by molar-refractivity contribution is 5.95. The fourth-order valence-electron chi connectivity index (χ4n) is 2.41. The maximum atomic E-state index is 13.8. The summed E-state index contributed by atoms with van der Waals surface area (Å²) in [5.74, 6) is -0.129. The molecule has 0 radical (unpaired) electrons. The summed E-state index contributed by atoms with van der Waals surface area (Å²) in [6.45, 7) is 0. The molecule has 0 saturated heterocycles. The van der Waals surface area contributed by atoms with Crippen LogP contribution in [0, 0.1) is 5.82 Å². The molecule has 0 spiro atoms. The van der Waals surface area contributed by atoms with Crippen LogP contribution in [0.1, 0.15) is 22.5 Å². The molecule has 2 N–H and O–H groups in total. The summed E-state index contributed by atoms with van der Waals surface area (Å²) in [7, 11) is 0. The molecule has 0 aliphatic heterocycles. The Morgan fingerprint density at radius 3 is 2.38 bits per heavy atom. The molecular formula is C20H17FN2O3. The van der Waals surface area contributed by atoms with E-state index in [0.717, 1.165) is 0 Å². The number of carbonyl (C=O) groups excluding carboxylic acids is 2. The van der Waals surface area contributed by atoms with Gasteiger partial charge in [0.1, 0.15) is 17.3 Å². The van der Waals surface area contributed by atoms with E-state index in [1.54, 1.807) is 60.7 Å². The summed E-state index contributed by atoms with van der Waals surface area (Å²) in [6.07, 6.45) is 0.459. The van der Waals surface area contributed by atoms with Crippen molar-refractivity contribution in [1.29, 1.82) is 0 Å². The normalized spacial score (nSPS) is 10.3. The van der Waals surface area contributed by atoms with Crippen molar-refractivity contribution in [2.45, 2.75) is 12.8 Å². The zero-order valence-electron chi connectivity index (χ0n) is 13.9. The van der Waals surface area contributed by atoms with Gasteiger partial charge in [-0.1, -0.05) is 30.3 Å². The number of rotatable bonds is 5. The Morgan fingerprint density at radius 1 is 0.885 bits per heavy atom. The highest BCUT2D eigenvalue weighted by atomic mass is 19.1. The van der Waals surface area contributed by atoms with E-state index in [2.05, 4.69) is 10.9 Å². The van der Waals surface area contributed by atoms with Crippen molar-refractivity contribution in [2.75, 3.05) is 0 Å². The lowest BCUT2D eigenvalue weighted by atomic mass is 10.1. The quantitative estimate of drug-likeness (QED) is 0.691. The highest BCUT2D eigenvalue weighted by Gasteiger charge is 2.11. The molecule has 1 aromatic heterocycles. The van der Waals surface area contributed by atoms with E-state index < -0.39 is 5.91 Å². The maximum absolute atomic E-state index is 13.8. The van der Waals surface area contributed by atoms with Crippen molar-refractivity contribution in [3.8, 4) is 11.3 Å². The van der Waals surface area contributed by atoms with Gasteiger partial charge in [-0.2, -0.15) is 0 Å². The van der Waals surface area contributed by atoms with Crippen LogP contribution >= 0.6 is 0 Å². The van der Waals surface area contributed by atoms with Gasteiger partial charge in [0.05, 0.1) is 5.56 Å². The van der Waals surface area contributed by atoms with Gasteiger partial charge >= 0.3 is 0 Å². The number of carbonyl (C=O) groups is 2. The van der Waals surface area contributed by atoms with E-state index >= 15 is 0 Å². The molecule has 6 heteroatoms. The SMILES string of the molecule is O=C(CCc1ccc(-c2ccccc2F)o1)NNC(=O)c1ccccc1. The summed E-state index contributed by atoms with van der Waals surface area (Å²) in [6, 6.07) is 18.3. The van der Waals surface area contributed by atoms with Crippen LogP contribution in [-0.4, -0.2) is 11.8 Å². The van der Waals surface area contributed by atoms with Gasteiger partial charge in [-0.15, -0.1) is 0 Å². The number of halogens is 1. The van der Waals surface area contributed by atoms with Gasteiger partial charge in [0.2, 0.25) is 5.91 Å². The Balaban J connectivity index is 1.49. The minimum absolute atomic E-state index is 0.124. The average Bonchev–Trinajstić information content (AvgIpc) is 3.14. The molecule has 132 valence electrons. The second kappa shape index (κ2) is 8.11. The summed E-state index contributed by atoms with van der Waals surface area (Å²) in [4.78, 5) is 23.7. The molecule has 0 aliphatic rings. The molecule has 0 bridgehead atoms. The summed E-state index contributed by atoms with van der Waals surface area (Å²) in [5.41, 5.74) is 5.54. The Bertz CT molecular complexity index is 906. The third-order valence-electron chi connectivity index (χ3n) is 3.75. The summed E-state index contributed by atoms with van der Waals surface area (Å²) < 4.78 is 19.3. The zero-order chi connectivity index (χ0) is 18.4. The van der Waals surface area contributed by atoms with Crippen molar-refractivity contribution >= 4 is 11.8 Å². The molecule has 5 nitrogen and oxygen atoms in total. The van der Waals surface area contributed by atoms with E-state index in [1.165, 1.54) is 6.07 Å². The van der Waals surface area contributed by atoms with E-state index in [9.17, 15) is 14.0 Å². The first kappa shape index (κ1) is 17.4. The van der Waals surface area contributed by atoms with Crippen LogP contribution in [0.3, 0.4) is 0 Å². The van der Waals surface area contributed by atoms with E-state index in [0.29, 0.717) is 29.1 Å². The summed E-state index contributed by atoms with van der Waals surface area (Å²) in [5, 5.41) is 0. The molecule has 0 atom stereocenters. The van der Waals surface area contributed by atoms with E-state index in [-0.39, 0.29) is 18.1 Å². The second-order valence-corrected chi connectivity index (χ2v) is 5.61. The standard InChI is InChI=1S/C20H17FN2O3/c21-17-9-5-4-8-16(17)18-12-10-15(26-18)11-13-19(24)22-23-20(25)14-6-2-1-3-7-14/h1-10,12H,11,13H2,(H,22,24)(H,23,25). The molecule has 3 aromatic rings. The van der Waals surface area contributed by atoms with Gasteiger partial charge < -0.3 is 4.42 Å². The van der Waals surface area contributed by atoms with E-state index in [1.807, 2.05) is 0 Å². The lowest BCUT2D eigenvalue weighted by molar-refractivity contribution is -0.121. The number of aryl methyl sites for hydroxylation is 1. The molecule has 0 fully saturated rings. The van der Waals surface area contributed by atoms with Crippen LogP contribution in [0.2, 0.25) is 0 Å². The molecule has 3 rings (SSSR count). The third-order valence-corrected chi connectivity index (χ3v) is 3.75. The third kappa shape index (κ3) is 4.36. The molecule has 1 heterocycles. The zero-order valence-corrected chi connectivity index (χ0v) is 13.9. The molecule has 0 aliphatic carbocycles. The van der Waals surface area contributed by atoms with Crippen molar-refractivity contribution in [3.05, 3.63) is 83.9 Å². The summed E-state index contributed by atoms with van der Waals surface area (Å²) >= 11 is 0. The number of hydrogen-bond donors (Lipinski definition) is 2. The Hall–Kier alpha value is -3.41. The minimum Gasteiger partial charge on any atom is -0.461 e. The topological polar surface area (TPSA) is 71.3 Å². The number of hydrazine groups is 1. The number of furan rings is 1. The second-order valence-electron chi connectivity index (χ2n) is 5.61. The molecule has 0 saturated carbocycles. The van der Waals surface area contributed by atoms with Gasteiger partial charge in [-0.05, 0) is 36.4 Å². The molecule has 2 aromatic carbocycles. The first-order valence-electron chi connectivity index (χ1n) is 8.11. The highest BCUT2D eigenvalue weighted by Crippen LogP contribution is 2.25. The molecule has 26 heavy (non-hydrogen) atoms. The fraction of sp³-hybridized carbons (Fsp3) is 0.100. The van der Waals surface area contributed by atoms with E-state index in [4.69, 9.17) is 4.42 Å². The Morgan fingerprint density at radius 2 is 1.62 bits per heavy atom. The first-order valence-corrected chi connectivity index (χ1v) is 8.11. The predicted molar refractivity (Wildman–Crippen MR) is 94.5 cm³/mol. The van der Waals surface area contributed by atoms with Crippen LogP contribution in [0.25, 0.3) is 11.3 Å². The smallest absolute Gasteiger partial charge is 0.269 e. The van der Waals surface area contributed by atoms with Crippen LogP contribution in [0.15, 0.2) is 71.1 Å². The van der Waals surface area contributed by atoms with Crippen molar-refractivity contribution in [1.82, 2.24) is 10.9 Å². The largest absolute Gasteiger partial charge is 0.461 e. The Kier molecular flexibility index (Phi) is 5.43. The van der Waals surface area contributed by atoms with Gasteiger partial charge in [0, 0.05) is 18.4 Å². The first-order chi connectivity index (χ1) is 12.6. The molecule has 2 amide bonds. The van der Waals surface area contributed by atoms with Gasteiger partial charge in [0.15, 0.2) is 0 Å². The van der Waals surface area contributed by atoms with Crippen LogP contribution in [0.4, 0.5) is 4.39 Å². The lowest BCUT2D eigenvalue weighted by Crippen LogP contribution is -2.41. The van der Waals surface area contributed by atoms with Crippen LogP contribution in [0.5, 0.6) is 0 Å². The fourth-order valence-corrected chi connectivity index (χ4v) is 2.41. The van der Waals surface area contributed by atoms with Crippen molar-refractivity contribution in [2.24, 2.45) is 0 Å². The van der Waals surface area contributed by atoms with Gasteiger partial charge in [-0.25, -0.2) is 4.39 Å². The minimum atomic E-state index is -0.390. The maximum Gasteiger partial charge on any atom is 0.269 e. The number of hydrogen-bond acceptors (Lipinski definition) is 3. The van der Waals surface area contributed by atoms with Crippen molar-refractivity contribution in [3.63, 3.8) is 0 Å². The van der Waals surface area contributed by atoms with Crippen LogP contribution in [-0.2, 0) is 11.2 Å². The predicted octanol–water partition coefficient (Wildman–Crippen LogP) is 3.48. The molecular weight excluding hydrogens is 335 g/mol. The van der Waals surface area contributed by atoms with Gasteiger partial charge in [0.25, 0.3) is 5.91 Å². The number of amides is 2. The number of benzene rings is 2. The molecule has 0 unspecified atom stereocenters.